The Bertz CT molecular complexity index is 1110. The molecular formula is C21H26FN3O7S. The van der Waals surface area contributed by atoms with Gasteiger partial charge in [0.1, 0.15) is 5.82 Å². The quantitative estimate of drug-likeness (QED) is 0.450. The van der Waals surface area contributed by atoms with Gasteiger partial charge in [-0.25, -0.2) is 9.18 Å². The van der Waals surface area contributed by atoms with E-state index < -0.39 is 39.5 Å². The molecule has 1 amide bonds. The van der Waals surface area contributed by atoms with Gasteiger partial charge in [-0.3, -0.25) is 0 Å². The first-order valence-electron chi connectivity index (χ1n) is 10.1. The summed E-state index contributed by atoms with van der Waals surface area (Å²) in [7, 11) is -3.06. The van der Waals surface area contributed by atoms with Crippen molar-refractivity contribution in [2.24, 2.45) is 0 Å². The molecule has 33 heavy (non-hydrogen) atoms. The zero-order valence-corrected chi connectivity index (χ0v) is 18.9. The summed E-state index contributed by atoms with van der Waals surface area (Å²) in [5.41, 5.74) is -0.497. The Kier molecular flexibility index (Phi) is 7.18. The van der Waals surface area contributed by atoms with Gasteiger partial charge in [-0.1, -0.05) is 12.1 Å². The van der Waals surface area contributed by atoms with Crippen molar-refractivity contribution in [2.75, 3.05) is 25.5 Å². The number of phenolic OH excluding ortho intramolecular Hbond substituents is 1. The first kappa shape index (κ1) is 24.4. The molecule has 0 spiro atoms. The summed E-state index contributed by atoms with van der Waals surface area (Å²) in [6.07, 6.45) is -0.560. The molecule has 0 unspecified atom stereocenters. The van der Waals surface area contributed by atoms with Crippen molar-refractivity contribution >= 4 is 22.1 Å². The van der Waals surface area contributed by atoms with Crippen molar-refractivity contribution in [1.82, 2.24) is 9.62 Å². The van der Waals surface area contributed by atoms with Crippen LogP contribution in [0.15, 0.2) is 42.5 Å². The highest BCUT2D eigenvalue weighted by Crippen LogP contribution is 2.36. The standard InChI is InChI=1S/C21H26FN3O7S/c1-14-12-21(9-10-25(14)20(27)28,24-16-6-3-5-15(22)11-16)13-23-33(29,30)32-18-8-4-7-17(31-2)19(18)26/h3-8,11,14,23-24,26H,9-10,12-13H2,1-2H3,(H,27,28)/t14-,21+/m0/s1. The number of hydrogen-bond acceptors (Lipinski definition) is 7. The van der Waals surface area contributed by atoms with Crippen LogP contribution >= 0.6 is 0 Å². The van der Waals surface area contributed by atoms with E-state index in [1.54, 1.807) is 13.0 Å². The van der Waals surface area contributed by atoms with E-state index in [9.17, 15) is 27.8 Å². The molecule has 0 radical (unpaired) electrons. The Balaban J connectivity index is 1.81. The lowest BCUT2D eigenvalue weighted by atomic mass is 9.83. The number of nitrogens with zero attached hydrogens (tertiary/aromatic N) is 1. The van der Waals surface area contributed by atoms with Crippen LogP contribution in [0.5, 0.6) is 17.2 Å². The van der Waals surface area contributed by atoms with Crippen LogP contribution in [-0.4, -0.2) is 61.4 Å². The second-order valence-corrected chi connectivity index (χ2v) is 9.22. The number of hydrogen-bond donors (Lipinski definition) is 4. The number of nitrogens with one attached hydrogen (secondary N) is 2. The van der Waals surface area contributed by atoms with E-state index in [4.69, 9.17) is 8.92 Å². The highest BCUT2D eigenvalue weighted by atomic mass is 32.2. The first-order valence-corrected chi connectivity index (χ1v) is 11.5. The number of benzene rings is 2. The topological polar surface area (TPSA) is 137 Å². The number of piperidine rings is 1. The number of amides is 1. The summed E-state index contributed by atoms with van der Waals surface area (Å²) >= 11 is 0. The van der Waals surface area contributed by atoms with Crippen LogP contribution in [0, 0.1) is 5.82 Å². The fourth-order valence-electron chi connectivity index (χ4n) is 3.92. The van der Waals surface area contributed by atoms with Crippen LogP contribution in [0.25, 0.3) is 0 Å². The second-order valence-electron chi connectivity index (χ2n) is 7.86. The van der Waals surface area contributed by atoms with Gasteiger partial charge in [0, 0.05) is 24.8 Å². The number of anilines is 1. The molecule has 10 nitrogen and oxygen atoms in total. The monoisotopic (exact) mass is 483 g/mol. The van der Waals surface area contributed by atoms with Crippen molar-refractivity contribution in [3.05, 3.63) is 48.3 Å². The SMILES string of the molecule is COc1cccc(OS(=O)(=O)NC[C@@]2(Nc3cccc(F)c3)CCN(C(=O)O)[C@@H](C)C2)c1O. The number of halogens is 1. The van der Waals surface area contributed by atoms with Gasteiger partial charge in [-0.05, 0) is 50.1 Å². The lowest BCUT2D eigenvalue weighted by molar-refractivity contribution is 0.0926. The van der Waals surface area contributed by atoms with Crippen LogP contribution in [-0.2, 0) is 10.3 Å². The van der Waals surface area contributed by atoms with Crippen molar-refractivity contribution in [2.45, 2.75) is 31.3 Å². The third kappa shape index (κ3) is 5.96. The molecule has 1 fully saturated rings. The lowest BCUT2D eigenvalue weighted by Crippen LogP contribution is -2.59. The number of para-hydroxylation sites is 1. The van der Waals surface area contributed by atoms with Gasteiger partial charge in [0.05, 0.1) is 12.6 Å². The predicted molar refractivity (Wildman–Crippen MR) is 118 cm³/mol. The molecule has 1 saturated heterocycles. The maximum atomic E-state index is 13.7. The van der Waals surface area contributed by atoms with Gasteiger partial charge < -0.3 is 29.3 Å². The van der Waals surface area contributed by atoms with E-state index in [0.717, 1.165) is 0 Å². The molecule has 3 rings (SSSR count). The molecule has 1 heterocycles. The molecule has 180 valence electrons. The van der Waals surface area contributed by atoms with E-state index >= 15 is 0 Å². The molecule has 1 aliphatic heterocycles. The minimum atomic E-state index is -4.38. The van der Waals surface area contributed by atoms with Gasteiger partial charge >= 0.3 is 16.4 Å². The van der Waals surface area contributed by atoms with Crippen molar-refractivity contribution in [3.8, 4) is 17.2 Å². The number of methoxy groups -OCH3 is 1. The Morgan fingerprint density at radius 1 is 1.27 bits per heavy atom. The third-order valence-corrected chi connectivity index (χ3v) is 6.39. The molecular weight excluding hydrogens is 457 g/mol. The van der Waals surface area contributed by atoms with E-state index in [1.165, 1.54) is 48.4 Å². The van der Waals surface area contributed by atoms with E-state index in [0.29, 0.717) is 5.69 Å². The number of carbonyl (C=O) groups is 1. The maximum Gasteiger partial charge on any atom is 0.407 e. The highest BCUT2D eigenvalue weighted by molar-refractivity contribution is 7.85. The number of carboxylic acid groups (broad SMARTS) is 1. The molecule has 2 aromatic rings. The maximum absolute atomic E-state index is 13.7. The molecule has 2 aromatic carbocycles. The molecule has 0 bridgehead atoms. The lowest BCUT2D eigenvalue weighted by Gasteiger charge is -2.45. The number of ether oxygens (including phenoxy) is 1. The minimum absolute atomic E-state index is 0.0433. The summed E-state index contributed by atoms with van der Waals surface area (Å²) in [4.78, 5) is 12.7. The molecule has 0 saturated carbocycles. The fourth-order valence-corrected chi connectivity index (χ4v) is 4.80. The fraction of sp³-hybridized carbons (Fsp3) is 0.381. The molecule has 2 atom stereocenters. The highest BCUT2D eigenvalue weighted by Gasteiger charge is 2.41. The van der Waals surface area contributed by atoms with E-state index in [1.807, 2.05) is 0 Å². The zero-order chi connectivity index (χ0) is 24.2. The van der Waals surface area contributed by atoms with Crippen LogP contribution in [0.2, 0.25) is 0 Å². The third-order valence-electron chi connectivity index (χ3n) is 5.50. The molecule has 0 aromatic heterocycles. The summed E-state index contributed by atoms with van der Waals surface area (Å²) in [5.74, 6) is -1.21. The van der Waals surface area contributed by atoms with Gasteiger partial charge in [0.15, 0.2) is 11.5 Å². The van der Waals surface area contributed by atoms with Crippen molar-refractivity contribution in [1.29, 1.82) is 0 Å². The largest absolute Gasteiger partial charge is 0.502 e. The molecule has 12 heteroatoms. The second kappa shape index (κ2) is 9.71. The molecule has 1 aliphatic rings. The number of aromatic hydroxyl groups is 1. The Labute approximate surface area is 191 Å². The zero-order valence-electron chi connectivity index (χ0n) is 18.1. The van der Waals surface area contributed by atoms with Gasteiger partial charge in [0.2, 0.25) is 5.75 Å². The average Bonchev–Trinajstić information content (AvgIpc) is 2.74. The van der Waals surface area contributed by atoms with Crippen LogP contribution in [0.4, 0.5) is 14.9 Å². The summed E-state index contributed by atoms with van der Waals surface area (Å²) < 4.78 is 51.3. The van der Waals surface area contributed by atoms with Gasteiger partial charge in [-0.2, -0.15) is 13.1 Å². The number of phenols is 1. The van der Waals surface area contributed by atoms with Crippen molar-refractivity contribution < 1.29 is 36.7 Å². The van der Waals surface area contributed by atoms with E-state index in [-0.39, 0.29) is 37.4 Å². The smallest absolute Gasteiger partial charge is 0.407 e. The predicted octanol–water partition coefficient (Wildman–Crippen LogP) is 2.77. The normalized spacial score (nSPS) is 20.8. The first-order chi connectivity index (χ1) is 15.5. The molecule has 0 aliphatic carbocycles. The van der Waals surface area contributed by atoms with Crippen LogP contribution < -0.4 is 19.0 Å². The Hall–Kier alpha value is -3.25. The van der Waals surface area contributed by atoms with Crippen LogP contribution in [0.3, 0.4) is 0 Å². The number of rotatable bonds is 8. The molecule has 4 N–H and O–H groups in total. The summed E-state index contributed by atoms with van der Waals surface area (Å²) in [6.45, 7) is 1.70. The average molecular weight is 484 g/mol. The summed E-state index contributed by atoms with van der Waals surface area (Å²) in [5, 5.41) is 22.7. The minimum Gasteiger partial charge on any atom is -0.502 e. The Morgan fingerprint density at radius 3 is 2.61 bits per heavy atom. The van der Waals surface area contributed by atoms with Gasteiger partial charge in [-0.15, -0.1) is 0 Å². The summed E-state index contributed by atoms with van der Waals surface area (Å²) in [6, 6.07) is 9.45. The van der Waals surface area contributed by atoms with E-state index in [2.05, 4.69) is 10.0 Å². The Morgan fingerprint density at radius 2 is 1.97 bits per heavy atom. The van der Waals surface area contributed by atoms with Crippen molar-refractivity contribution in [3.63, 3.8) is 0 Å². The van der Waals surface area contributed by atoms with Crippen LogP contribution in [0.1, 0.15) is 19.8 Å². The number of likely N-dealkylation sites (tertiary alicyclic amines) is 1. The van der Waals surface area contributed by atoms with Gasteiger partial charge in [0.25, 0.3) is 0 Å².